The molecule has 3 aromatic carbocycles. The van der Waals surface area contributed by atoms with E-state index in [0.29, 0.717) is 27.8 Å². The van der Waals surface area contributed by atoms with E-state index in [0.717, 1.165) is 5.56 Å². The summed E-state index contributed by atoms with van der Waals surface area (Å²) < 4.78 is 11.3. The topological polar surface area (TPSA) is 35.5 Å². The van der Waals surface area contributed by atoms with E-state index in [1.165, 1.54) is 0 Å². The number of carbonyl (C=O) groups excluding carboxylic acids is 1. The number of benzene rings is 3. The van der Waals surface area contributed by atoms with Gasteiger partial charge < -0.3 is 9.47 Å². The Morgan fingerprint density at radius 1 is 0.875 bits per heavy atom. The summed E-state index contributed by atoms with van der Waals surface area (Å²) in [6, 6.07) is 21.4. The largest absolute Gasteiger partial charge is 0.456 e. The van der Waals surface area contributed by atoms with Crippen molar-refractivity contribution in [3.8, 4) is 17.2 Å². The molecule has 0 unspecified atom stereocenters. The van der Waals surface area contributed by atoms with Gasteiger partial charge in [0.1, 0.15) is 22.8 Å². The van der Waals surface area contributed by atoms with Gasteiger partial charge in [0.15, 0.2) is 0 Å². The summed E-state index contributed by atoms with van der Waals surface area (Å²) in [5, 5.41) is 0.597. The van der Waals surface area contributed by atoms with Crippen LogP contribution in [0.15, 0.2) is 72.8 Å². The third-order valence-electron chi connectivity index (χ3n) is 3.42. The van der Waals surface area contributed by atoms with Crippen molar-refractivity contribution in [3.05, 3.63) is 88.9 Å². The molecule has 0 fully saturated rings. The lowest BCUT2D eigenvalue weighted by Gasteiger charge is -2.12. The van der Waals surface area contributed by atoms with Crippen molar-refractivity contribution in [1.82, 2.24) is 0 Å². The van der Waals surface area contributed by atoms with Crippen LogP contribution in [0, 0.1) is 6.92 Å². The number of carbonyl (C=O) groups is 1. The monoisotopic (exact) mass is 338 g/mol. The second-order valence-electron chi connectivity index (χ2n) is 5.21. The Kier molecular flexibility index (Phi) is 4.82. The molecule has 0 amide bonds. The third-order valence-corrected chi connectivity index (χ3v) is 3.65. The average Bonchev–Trinajstić information content (AvgIpc) is 2.59. The van der Waals surface area contributed by atoms with Crippen LogP contribution in [0.25, 0.3) is 0 Å². The van der Waals surface area contributed by atoms with Crippen LogP contribution in [0.4, 0.5) is 0 Å². The number of hydrogen-bond donors (Lipinski definition) is 0. The lowest BCUT2D eigenvalue weighted by atomic mass is 10.2. The molecule has 0 radical (unpaired) electrons. The van der Waals surface area contributed by atoms with Crippen LogP contribution in [-0.4, -0.2) is 5.97 Å². The van der Waals surface area contributed by atoms with Gasteiger partial charge in [-0.1, -0.05) is 41.9 Å². The average molecular weight is 339 g/mol. The van der Waals surface area contributed by atoms with Crippen LogP contribution in [0.2, 0.25) is 5.02 Å². The Bertz CT molecular complexity index is 860. The maximum atomic E-state index is 12.5. The van der Waals surface area contributed by atoms with Crippen LogP contribution >= 0.6 is 11.6 Å². The van der Waals surface area contributed by atoms with E-state index in [-0.39, 0.29) is 0 Å². The van der Waals surface area contributed by atoms with Gasteiger partial charge in [-0.05, 0) is 55.0 Å². The van der Waals surface area contributed by atoms with E-state index in [9.17, 15) is 4.79 Å². The number of halogens is 1. The predicted molar refractivity (Wildman–Crippen MR) is 94.1 cm³/mol. The maximum Gasteiger partial charge on any atom is 0.347 e. The Morgan fingerprint density at radius 2 is 1.58 bits per heavy atom. The first-order chi connectivity index (χ1) is 11.6. The second kappa shape index (κ2) is 7.20. The van der Waals surface area contributed by atoms with Crippen LogP contribution < -0.4 is 9.47 Å². The Hall–Kier alpha value is -2.78. The molecule has 3 nitrogen and oxygen atoms in total. The van der Waals surface area contributed by atoms with Crippen LogP contribution in [0.3, 0.4) is 0 Å². The molecule has 0 heterocycles. The van der Waals surface area contributed by atoms with Crippen molar-refractivity contribution < 1.29 is 14.3 Å². The number of ether oxygens (including phenoxy) is 2. The molecule has 0 bridgehead atoms. The Labute approximate surface area is 145 Å². The van der Waals surface area contributed by atoms with Crippen LogP contribution in [0.1, 0.15) is 15.9 Å². The summed E-state index contributed by atoms with van der Waals surface area (Å²) >= 11 is 5.93. The summed E-state index contributed by atoms with van der Waals surface area (Å²) in [5.41, 5.74) is 1.15. The molecule has 0 aliphatic heterocycles. The zero-order valence-corrected chi connectivity index (χ0v) is 13.8. The van der Waals surface area contributed by atoms with Gasteiger partial charge in [-0.2, -0.15) is 0 Å². The molecular weight excluding hydrogens is 324 g/mol. The van der Waals surface area contributed by atoms with Crippen molar-refractivity contribution in [3.63, 3.8) is 0 Å². The van der Waals surface area contributed by atoms with Gasteiger partial charge in [-0.25, -0.2) is 4.79 Å². The minimum Gasteiger partial charge on any atom is -0.456 e. The molecule has 0 spiro atoms. The predicted octanol–water partition coefficient (Wildman–Crippen LogP) is 5.66. The van der Waals surface area contributed by atoms with Crippen molar-refractivity contribution in [2.24, 2.45) is 0 Å². The highest BCUT2D eigenvalue weighted by Crippen LogP contribution is 2.28. The Morgan fingerprint density at radius 3 is 2.33 bits per heavy atom. The van der Waals surface area contributed by atoms with Gasteiger partial charge in [0.2, 0.25) is 0 Å². The minimum absolute atomic E-state index is 0.357. The molecule has 3 aromatic rings. The zero-order valence-electron chi connectivity index (χ0n) is 13.0. The molecule has 3 rings (SSSR count). The lowest BCUT2D eigenvalue weighted by Crippen LogP contribution is -2.10. The fraction of sp³-hybridized carbons (Fsp3) is 0.0500. The number of hydrogen-bond acceptors (Lipinski definition) is 3. The first-order valence-corrected chi connectivity index (χ1v) is 7.81. The van der Waals surface area contributed by atoms with Crippen LogP contribution in [0.5, 0.6) is 17.2 Å². The number of para-hydroxylation sites is 2. The van der Waals surface area contributed by atoms with Crippen molar-refractivity contribution in [2.45, 2.75) is 6.92 Å². The molecule has 0 aliphatic rings. The summed E-state index contributed by atoms with van der Waals surface area (Å²) in [7, 11) is 0. The van der Waals surface area contributed by atoms with Gasteiger partial charge in [0.05, 0.1) is 0 Å². The Balaban J connectivity index is 1.85. The normalized spacial score (nSPS) is 10.2. The highest BCUT2D eigenvalue weighted by Gasteiger charge is 2.16. The van der Waals surface area contributed by atoms with E-state index in [1.807, 2.05) is 43.3 Å². The van der Waals surface area contributed by atoms with Gasteiger partial charge in [0, 0.05) is 5.02 Å². The van der Waals surface area contributed by atoms with E-state index in [1.54, 1.807) is 36.4 Å². The fourth-order valence-electron chi connectivity index (χ4n) is 2.22. The van der Waals surface area contributed by atoms with Gasteiger partial charge in [0.25, 0.3) is 0 Å². The van der Waals surface area contributed by atoms with Gasteiger partial charge in [-0.15, -0.1) is 0 Å². The lowest BCUT2D eigenvalue weighted by molar-refractivity contribution is 0.0731. The maximum absolute atomic E-state index is 12.5. The second-order valence-corrected chi connectivity index (χ2v) is 5.65. The number of aryl methyl sites for hydroxylation is 1. The molecule has 4 heteroatoms. The first-order valence-electron chi connectivity index (χ1n) is 7.44. The summed E-state index contributed by atoms with van der Waals surface area (Å²) in [6.45, 7) is 1.83. The van der Waals surface area contributed by atoms with Gasteiger partial charge >= 0.3 is 5.97 Å². The number of rotatable bonds is 4. The molecular formula is C20H15ClO3. The quantitative estimate of drug-likeness (QED) is 0.455. The molecule has 0 saturated carbocycles. The molecule has 24 heavy (non-hydrogen) atoms. The van der Waals surface area contributed by atoms with Crippen molar-refractivity contribution >= 4 is 17.6 Å². The zero-order chi connectivity index (χ0) is 16.9. The molecule has 0 aromatic heterocycles. The summed E-state index contributed by atoms with van der Waals surface area (Å²) in [6.07, 6.45) is 0. The molecule has 120 valence electrons. The van der Waals surface area contributed by atoms with E-state index in [2.05, 4.69) is 0 Å². The first kappa shape index (κ1) is 16.1. The SMILES string of the molecule is Cc1cc(Cl)ccc1OC(=O)c1ccccc1Oc1ccccc1. The molecule has 0 atom stereocenters. The molecule has 0 saturated heterocycles. The van der Waals surface area contributed by atoms with Crippen molar-refractivity contribution in [1.29, 1.82) is 0 Å². The summed E-state index contributed by atoms with van der Waals surface area (Å²) in [5.74, 6) is 1.09. The standard InChI is InChI=1S/C20H15ClO3/c1-14-13-15(21)11-12-18(14)24-20(22)17-9-5-6-10-19(17)23-16-7-3-2-4-8-16/h2-13H,1H3. The highest BCUT2D eigenvalue weighted by atomic mass is 35.5. The highest BCUT2D eigenvalue weighted by molar-refractivity contribution is 6.30. The van der Waals surface area contributed by atoms with Crippen molar-refractivity contribution in [2.75, 3.05) is 0 Å². The molecule has 0 N–H and O–H groups in total. The van der Waals surface area contributed by atoms with E-state index >= 15 is 0 Å². The smallest absolute Gasteiger partial charge is 0.347 e. The van der Waals surface area contributed by atoms with Crippen LogP contribution in [-0.2, 0) is 0 Å². The number of esters is 1. The third kappa shape index (κ3) is 3.76. The van der Waals surface area contributed by atoms with E-state index < -0.39 is 5.97 Å². The molecule has 0 aliphatic carbocycles. The van der Waals surface area contributed by atoms with Gasteiger partial charge in [-0.3, -0.25) is 0 Å². The minimum atomic E-state index is -0.480. The van der Waals surface area contributed by atoms with E-state index in [4.69, 9.17) is 21.1 Å². The summed E-state index contributed by atoms with van der Waals surface area (Å²) in [4.78, 5) is 12.5. The fourth-order valence-corrected chi connectivity index (χ4v) is 2.45.